The summed E-state index contributed by atoms with van der Waals surface area (Å²) < 4.78 is 5.29. The molecule has 0 unspecified atom stereocenters. The average molecular weight is 224 g/mol. The first-order valence-corrected chi connectivity index (χ1v) is 6.38. The number of carbonyl (C=O) groups excluding carboxylic acids is 1. The predicted octanol–water partition coefficient (Wildman–Crippen LogP) is 1.22. The van der Waals surface area contributed by atoms with Crippen LogP contribution in [0.5, 0.6) is 0 Å². The summed E-state index contributed by atoms with van der Waals surface area (Å²) in [5.74, 6) is 0.529. The largest absolute Gasteiger partial charge is 0.381 e. The van der Waals surface area contributed by atoms with E-state index in [1.165, 1.54) is 19.3 Å². The van der Waals surface area contributed by atoms with E-state index in [2.05, 4.69) is 5.32 Å². The van der Waals surface area contributed by atoms with E-state index in [0.717, 1.165) is 39.3 Å². The smallest absolute Gasteiger partial charge is 0.317 e. The third-order valence-electron chi connectivity index (χ3n) is 4.25. The zero-order valence-corrected chi connectivity index (χ0v) is 9.71. The Kier molecular flexibility index (Phi) is 2.54. The molecule has 0 aromatic heterocycles. The van der Waals surface area contributed by atoms with Crippen molar-refractivity contribution in [3.8, 4) is 0 Å². The Morgan fingerprint density at radius 3 is 2.94 bits per heavy atom. The lowest BCUT2D eigenvalue weighted by atomic mass is 10.1. The fraction of sp³-hybridized carbons (Fsp3) is 0.917. The van der Waals surface area contributed by atoms with Gasteiger partial charge in [0.25, 0.3) is 0 Å². The van der Waals surface area contributed by atoms with Crippen molar-refractivity contribution < 1.29 is 9.53 Å². The Morgan fingerprint density at radius 2 is 2.31 bits per heavy atom. The maximum Gasteiger partial charge on any atom is 0.317 e. The van der Waals surface area contributed by atoms with Gasteiger partial charge in [0.05, 0.1) is 6.61 Å². The number of likely N-dealkylation sites (tertiary alicyclic amines) is 1. The molecule has 4 nitrogen and oxygen atoms in total. The molecule has 2 heterocycles. The maximum absolute atomic E-state index is 11.9. The molecule has 2 saturated heterocycles. The SMILES string of the molecule is O=C(NC[C@@H]1CCOC1)N1CCC2(CC2)C1. The molecule has 16 heavy (non-hydrogen) atoms. The number of nitrogens with one attached hydrogen (secondary N) is 1. The van der Waals surface area contributed by atoms with Crippen LogP contribution in [0.3, 0.4) is 0 Å². The van der Waals surface area contributed by atoms with E-state index in [9.17, 15) is 4.79 Å². The van der Waals surface area contributed by atoms with Gasteiger partial charge in [-0.05, 0) is 31.1 Å². The summed E-state index contributed by atoms with van der Waals surface area (Å²) in [6.07, 6.45) is 4.96. The number of amides is 2. The number of carbonyl (C=O) groups is 1. The summed E-state index contributed by atoms with van der Waals surface area (Å²) in [6.45, 7) is 4.38. The van der Waals surface area contributed by atoms with E-state index in [-0.39, 0.29) is 6.03 Å². The van der Waals surface area contributed by atoms with Gasteiger partial charge < -0.3 is 15.0 Å². The zero-order chi connectivity index (χ0) is 11.0. The van der Waals surface area contributed by atoms with Crippen LogP contribution in [0.4, 0.5) is 4.79 Å². The van der Waals surface area contributed by atoms with Crippen molar-refractivity contribution in [2.24, 2.45) is 11.3 Å². The van der Waals surface area contributed by atoms with Crippen molar-refractivity contribution in [1.82, 2.24) is 10.2 Å². The molecule has 4 heteroatoms. The van der Waals surface area contributed by atoms with Gasteiger partial charge in [-0.15, -0.1) is 0 Å². The van der Waals surface area contributed by atoms with Gasteiger partial charge in [-0.3, -0.25) is 0 Å². The minimum Gasteiger partial charge on any atom is -0.381 e. The van der Waals surface area contributed by atoms with E-state index >= 15 is 0 Å². The summed E-state index contributed by atoms with van der Waals surface area (Å²) in [6, 6.07) is 0.135. The highest BCUT2D eigenvalue weighted by atomic mass is 16.5. The van der Waals surface area contributed by atoms with E-state index in [0.29, 0.717) is 11.3 Å². The first-order chi connectivity index (χ1) is 7.77. The van der Waals surface area contributed by atoms with Gasteiger partial charge >= 0.3 is 6.03 Å². The minimum atomic E-state index is 0.135. The Balaban J connectivity index is 1.42. The van der Waals surface area contributed by atoms with Crippen LogP contribution in [0, 0.1) is 11.3 Å². The maximum atomic E-state index is 11.9. The van der Waals surface area contributed by atoms with E-state index in [4.69, 9.17) is 4.74 Å². The lowest BCUT2D eigenvalue weighted by Crippen LogP contribution is -2.40. The quantitative estimate of drug-likeness (QED) is 0.766. The predicted molar refractivity (Wildman–Crippen MR) is 60.2 cm³/mol. The molecule has 3 aliphatic rings. The number of ether oxygens (including phenoxy) is 1. The molecular weight excluding hydrogens is 204 g/mol. The van der Waals surface area contributed by atoms with Gasteiger partial charge in [-0.25, -0.2) is 4.79 Å². The van der Waals surface area contributed by atoms with Gasteiger partial charge in [0.1, 0.15) is 0 Å². The van der Waals surface area contributed by atoms with Crippen LogP contribution in [0.15, 0.2) is 0 Å². The molecule has 2 aliphatic heterocycles. The van der Waals surface area contributed by atoms with Crippen LogP contribution >= 0.6 is 0 Å². The zero-order valence-electron chi connectivity index (χ0n) is 9.71. The van der Waals surface area contributed by atoms with E-state index in [1.807, 2.05) is 4.90 Å². The van der Waals surface area contributed by atoms with Crippen LogP contribution in [0.1, 0.15) is 25.7 Å². The molecule has 1 saturated carbocycles. The molecule has 0 bridgehead atoms. The Bertz CT molecular complexity index is 283. The first kappa shape index (κ1) is 10.4. The molecular formula is C12H20N2O2. The first-order valence-electron chi connectivity index (χ1n) is 6.38. The Morgan fingerprint density at radius 1 is 1.44 bits per heavy atom. The molecule has 1 aliphatic carbocycles. The van der Waals surface area contributed by atoms with Crippen LogP contribution < -0.4 is 5.32 Å². The van der Waals surface area contributed by atoms with E-state index < -0.39 is 0 Å². The fourth-order valence-corrected chi connectivity index (χ4v) is 2.78. The standard InChI is InChI=1S/C12H20N2O2/c15-11(13-7-10-1-6-16-8-10)14-5-4-12(9-14)2-3-12/h10H,1-9H2,(H,13,15)/t10-/m0/s1. The third kappa shape index (κ3) is 2.03. The molecule has 0 aromatic carbocycles. The van der Waals surface area contributed by atoms with Crippen molar-refractivity contribution >= 4 is 6.03 Å². The topological polar surface area (TPSA) is 41.6 Å². The van der Waals surface area contributed by atoms with Crippen molar-refractivity contribution in [2.75, 3.05) is 32.8 Å². The second-order valence-electron chi connectivity index (χ2n) is 5.59. The van der Waals surface area contributed by atoms with Crippen molar-refractivity contribution in [3.63, 3.8) is 0 Å². The number of nitrogens with zero attached hydrogens (tertiary/aromatic N) is 1. The molecule has 0 radical (unpaired) electrons. The van der Waals surface area contributed by atoms with Crippen molar-refractivity contribution in [1.29, 1.82) is 0 Å². The summed E-state index contributed by atoms with van der Waals surface area (Å²) in [5, 5.41) is 3.04. The summed E-state index contributed by atoms with van der Waals surface area (Å²) in [5.41, 5.74) is 0.536. The third-order valence-corrected chi connectivity index (χ3v) is 4.25. The lowest BCUT2D eigenvalue weighted by Gasteiger charge is -2.18. The van der Waals surface area contributed by atoms with Crippen LogP contribution in [-0.4, -0.2) is 43.8 Å². The fourth-order valence-electron chi connectivity index (χ4n) is 2.78. The van der Waals surface area contributed by atoms with Crippen molar-refractivity contribution in [3.05, 3.63) is 0 Å². The average Bonchev–Trinajstić information content (AvgIpc) is 2.72. The molecule has 2 amide bonds. The summed E-state index contributed by atoms with van der Waals surface area (Å²) in [4.78, 5) is 13.9. The van der Waals surface area contributed by atoms with Crippen LogP contribution in [0.2, 0.25) is 0 Å². The molecule has 3 rings (SSSR count). The number of urea groups is 1. The van der Waals surface area contributed by atoms with Gasteiger partial charge in [0.2, 0.25) is 0 Å². The molecule has 1 spiro atoms. The molecule has 1 atom stereocenters. The molecule has 1 N–H and O–H groups in total. The number of hydrogen-bond acceptors (Lipinski definition) is 2. The number of hydrogen-bond donors (Lipinski definition) is 1. The van der Waals surface area contributed by atoms with Crippen LogP contribution in [-0.2, 0) is 4.74 Å². The Labute approximate surface area is 96.3 Å². The highest BCUT2D eigenvalue weighted by Gasteiger charge is 2.48. The molecule has 3 fully saturated rings. The molecule has 0 aromatic rings. The van der Waals surface area contributed by atoms with Gasteiger partial charge in [0.15, 0.2) is 0 Å². The van der Waals surface area contributed by atoms with Crippen LogP contribution in [0.25, 0.3) is 0 Å². The summed E-state index contributed by atoms with van der Waals surface area (Å²) >= 11 is 0. The summed E-state index contributed by atoms with van der Waals surface area (Å²) in [7, 11) is 0. The van der Waals surface area contributed by atoms with Gasteiger partial charge in [-0.1, -0.05) is 0 Å². The van der Waals surface area contributed by atoms with Crippen molar-refractivity contribution in [2.45, 2.75) is 25.7 Å². The van der Waals surface area contributed by atoms with Gasteiger partial charge in [-0.2, -0.15) is 0 Å². The van der Waals surface area contributed by atoms with Gasteiger partial charge in [0, 0.05) is 32.2 Å². The second kappa shape index (κ2) is 3.91. The highest BCUT2D eigenvalue weighted by Crippen LogP contribution is 2.52. The normalized spacial score (nSPS) is 31.0. The number of rotatable bonds is 2. The minimum absolute atomic E-state index is 0.135. The Hall–Kier alpha value is -0.770. The second-order valence-corrected chi connectivity index (χ2v) is 5.59. The van der Waals surface area contributed by atoms with E-state index in [1.54, 1.807) is 0 Å². The lowest BCUT2D eigenvalue weighted by molar-refractivity contribution is 0.182. The molecule has 90 valence electrons. The highest BCUT2D eigenvalue weighted by molar-refractivity contribution is 5.74. The monoisotopic (exact) mass is 224 g/mol.